The Labute approximate surface area is 155 Å². The van der Waals surface area contributed by atoms with Gasteiger partial charge in [-0.3, -0.25) is 4.79 Å². The maximum absolute atomic E-state index is 11.9. The Morgan fingerprint density at radius 3 is 1.75 bits per heavy atom. The molecular weight excluding hydrogens is 409 g/mol. The summed E-state index contributed by atoms with van der Waals surface area (Å²) >= 11 is 2.34. The fourth-order valence-corrected chi connectivity index (χ4v) is 3.58. The van der Waals surface area contributed by atoms with E-state index in [2.05, 4.69) is 46.9 Å². The summed E-state index contributed by atoms with van der Waals surface area (Å²) in [6.45, 7) is 0. The average Bonchev–Trinajstić information content (AvgIpc) is 2.59. The van der Waals surface area contributed by atoms with E-state index in [9.17, 15) is 4.79 Å². The van der Waals surface area contributed by atoms with Crippen LogP contribution in [-0.2, 0) is 12.8 Å². The van der Waals surface area contributed by atoms with Crippen molar-refractivity contribution in [3.8, 4) is 0 Å². The molecule has 0 aliphatic carbocycles. The van der Waals surface area contributed by atoms with Crippen molar-refractivity contribution in [2.45, 2.75) is 12.8 Å². The van der Waals surface area contributed by atoms with Crippen molar-refractivity contribution in [3.05, 3.63) is 104 Å². The van der Waals surface area contributed by atoms with Crippen LogP contribution >= 0.6 is 22.6 Å². The first kappa shape index (κ1) is 16.7. The molecule has 3 aromatic rings. The van der Waals surface area contributed by atoms with Crippen molar-refractivity contribution in [2.75, 3.05) is 0 Å². The number of rotatable bonds is 5. The number of carbonyl (C=O) groups is 1. The average molecular weight is 427 g/mol. The standard InChI is InChI=1S/C21H18INO/c22-20-12-11-17(21(23)24)18(13-15-7-3-1-4-8-15)19(20)14-16-9-5-2-6-10-16/h1-12H,13-14H2,(H2,23,24). The topological polar surface area (TPSA) is 43.1 Å². The molecule has 2 nitrogen and oxygen atoms in total. The van der Waals surface area contributed by atoms with Gasteiger partial charge in [-0.1, -0.05) is 60.7 Å². The number of nitrogens with two attached hydrogens (primary N) is 1. The lowest BCUT2D eigenvalue weighted by Gasteiger charge is -2.16. The summed E-state index contributed by atoms with van der Waals surface area (Å²) in [7, 11) is 0. The second kappa shape index (κ2) is 7.62. The van der Waals surface area contributed by atoms with Crippen LogP contribution in [0.15, 0.2) is 72.8 Å². The van der Waals surface area contributed by atoms with Crippen molar-refractivity contribution >= 4 is 28.5 Å². The predicted molar refractivity (Wildman–Crippen MR) is 106 cm³/mol. The Morgan fingerprint density at radius 1 is 0.750 bits per heavy atom. The smallest absolute Gasteiger partial charge is 0.248 e. The molecule has 3 heteroatoms. The monoisotopic (exact) mass is 427 g/mol. The second-order valence-corrected chi connectivity index (χ2v) is 6.90. The summed E-state index contributed by atoms with van der Waals surface area (Å²) in [5, 5.41) is 0. The first-order chi connectivity index (χ1) is 11.6. The molecule has 0 aromatic heterocycles. The highest BCUT2D eigenvalue weighted by molar-refractivity contribution is 14.1. The van der Waals surface area contributed by atoms with E-state index in [-0.39, 0.29) is 5.91 Å². The SMILES string of the molecule is NC(=O)c1ccc(I)c(Cc2ccccc2)c1Cc1ccccc1. The lowest BCUT2D eigenvalue weighted by molar-refractivity contribution is 0.0999. The summed E-state index contributed by atoms with van der Waals surface area (Å²) in [6, 6.07) is 24.3. The van der Waals surface area contributed by atoms with Crippen LogP contribution in [0.25, 0.3) is 0 Å². The molecule has 0 fully saturated rings. The van der Waals surface area contributed by atoms with Crippen LogP contribution in [0.5, 0.6) is 0 Å². The molecule has 3 rings (SSSR count). The third-order valence-electron chi connectivity index (χ3n) is 4.09. The molecule has 2 N–H and O–H groups in total. The number of primary amides is 1. The van der Waals surface area contributed by atoms with Crippen molar-refractivity contribution in [3.63, 3.8) is 0 Å². The molecule has 0 atom stereocenters. The van der Waals surface area contributed by atoms with Gasteiger partial charge in [0.2, 0.25) is 5.91 Å². The van der Waals surface area contributed by atoms with E-state index in [1.54, 1.807) is 0 Å². The zero-order valence-corrected chi connectivity index (χ0v) is 15.4. The second-order valence-electron chi connectivity index (χ2n) is 5.74. The van der Waals surface area contributed by atoms with Crippen LogP contribution in [-0.4, -0.2) is 5.91 Å². The predicted octanol–water partition coefficient (Wildman–Crippen LogP) is 4.57. The van der Waals surface area contributed by atoms with Gasteiger partial charge in [0, 0.05) is 9.13 Å². The highest BCUT2D eigenvalue weighted by atomic mass is 127. The van der Waals surface area contributed by atoms with Gasteiger partial charge in [0.05, 0.1) is 0 Å². The quantitative estimate of drug-likeness (QED) is 0.596. The molecule has 0 heterocycles. The summed E-state index contributed by atoms with van der Waals surface area (Å²) in [6.07, 6.45) is 1.50. The van der Waals surface area contributed by atoms with Gasteiger partial charge in [-0.2, -0.15) is 0 Å². The van der Waals surface area contributed by atoms with Crippen molar-refractivity contribution in [2.24, 2.45) is 5.73 Å². The first-order valence-corrected chi connectivity index (χ1v) is 8.91. The minimum Gasteiger partial charge on any atom is -0.366 e. The minimum atomic E-state index is -0.369. The maximum Gasteiger partial charge on any atom is 0.248 e. The number of benzene rings is 3. The van der Waals surface area contributed by atoms with Crippen LogP contribution in [0.1, 0.15) is 32.6 Å². The molecule has 0 aliphatic rings. The lowest BCUT2D eigenvalue weighted by atomic mass is 9.91. The molecular formula is C21H18INO. The Kier molecular flexibility index (Phi) is 5.30. The largest absolute Gasteiger partial charge is 0.366 e. The molecule has 0 aliphatic heterocycles. The van der Waals surface area contributed by atoms with Crippen LogP contribution in [0, 0.1) is 3.57 Å². The molecule has 0 saturated heterocycles. The molecule has 0 unspecified atom stereocenters. The van der Waals surface area contributed by atoms with E-state index in [0.29, 0.717) is 12.0 Å². The van der Waals surface area contributed by atoms with Gasteiger partial charge in [0.25, 0.3) is 0 Å². The van der Waals surface area contributed by atoms with Gasteiger partial charge in [-0.15, -0.1) is 0 Å². The highest BCUT2D eigenvalue weighted by Crippen LogP contribution is 2.26. The Bertz CT molecular complexity index is 844. The van der Waals surface area contributed by atoms with Gasteiger partial charge in [0.1, 0.15) is 0 Å². The van der Waals surface area contributed by atoms with Crippen LogP contribution in [0.4, 0.5) is 0 Å². The van der Waals surface area contributed by atoms with Gasteiger partial charge in [0.15, 0.2) is 0 Å². The highest BCUT2D eigenvalue weighted by Gasteiger charge is 2.16. The number of hydrogen-bond acceptors (Lipinski definition) is 1. The van der Waals surface area contributed by atoms with E-state index in [1.807, 2.05) is 48.5 Å². The van der Waals surface area contributed by atoms with Gasteiger partial charge >= 0.3 is 0 Å². The normalized spacial score (nSPS) is 10.5. The number of carbonyl (C=O) groups excluding carboxylic acids is 1. The van der Waals surface area contributed by atoms with Crippen molar-refractivity contribution in [1.82, 2.24) is 0 Å². The van der Waals surface area contributed by atoms with Gasteiger partial charge in [-0.05, 0) is 69.8 Å². The molecule has 0 spiro atoms. The zero-order valence-electron chi connectivity index (χ0n) is 13.2. The Balaban J connectivity index is 2.08. The summed E-state index contributed by atoms with van der Waals surface area (Å²) in [5.74, 6) is -0.369. The number of amides is 1. The van der Waals surface area contributed by atoms with E-state index >= 15 is 0 Å². The molecule has 0 saturated carbocycles. The third-order valence-corrected chi connectivity index (χ3v) is 5.10. The van der Waals surface area contributed by atoms with Gasteiger partial charge in [-0.25, -0.2) is 0 Å². The van der Waals surface area contributed by atoms with E-state index in [1.165, 1.54) is 16.7 Å². The molecule has 24 heavy (non-hydrogen) atoms. The molecule has 3 aromatic carbocycles. The number of halogens is 1. The van der Waals surface area contributed by atoms with Crippen LogP contribution in [0.3, 0.4) is 0 Å². The van der Waals surface area contributed by atoms with E-state index < -0.39 is 0 Å². The summed E-state index contributed by atoms with van der Waals surface area (Å²) in [5.41, 5.74) is 10.9. The minimum absolute atomic E-state index is 0.369. The van der Waals surface area contributed by atoms with Crippen molar-refractivity contribution < 1.29 is 4.79 Å². The van der Waals surface area contributed by atoms with Crippen molar-refractivity contribution in [1.29, 1.82) is 0 Å². The fraction of sp³-hybridized carbons (Fsp3) is 0.0952. The Morgan fingerprint density at radius 2 is 1.25 bits per heavy atom. The zero-order chi connectivity index (χ0) is 16.9. The molecule has 1 amide bonds. The van der Waals surface area contributed by atoms with Crippen LogP contribution < -0.4 is 5.73 Å². The summed E-state index contributed by atoms with van der Waals surface area (Å²) in [4.78, 5) is 11.9. The molecule has 120 valence electrons. The maximum atomic E-state index is 11.9. The fourth-order valence-electron chi connectivity index (χ4n) is 2.89. The molecule has 0 bridgehead atoms. The summed E-state index contributed by atoms with van der Waals surface area (Å²) < 4.78 is 1.16. The van der Waals surface area contributed by atoms with E-state index in [4.69, 9.17) is 5.73 Å². The molecule has 0 radical (unpaired) electrons. The van der Waals surface area contributed by atoms with Crippen LogP contribution in [0.2, 0.25) is 0 Å². The first-order valence-electron chi connectivity index (χ1n) is 7.83. The number of hydrogen-bond donors (Lipinski definition) is 1. The third kappa shape index (κ3) is 3.85. The lowest BCUT2D eigenvalue weighted by Crippen LogP contribution is -2.16. The van der Waals surface area contributed by atoms with E-state index in [0.717, 1.165) is 15.6 Å². The Hall–Kier alpha value is -2.14. The van der Waals surface area contributed by atoms with Gasteiger partial charge < -0.3 is 5.73 Å².